The van der Waals surface area contributed by atoms with Gasteiger partial charge in [-0.3, -0.25) is 0 Å². The fraction of sp³-hybridized carbons (Fsp3) is 0.100. The smallest absolute Gasteiger partial charge is 0.106 e. The van der Waals surface area contributed by atoms with Crippen molar-refractivity contribution in [1.82, 2.24) is 4.98 Å². The van der Waals surface area contributed by atoms with Crippen LogP contribution in [0.25, 0.3) is 0 Å². The Morgan fingerprint density at radius 1 is 1.36 bits per heavy atom. The maximum atomic E-state index is 6.09. The normalized spacial score (nSPS) is 12.7. The van der Waals surface area contributed by atoms with E-state index in [4.69, 9.17) is 5.73 Å². The molecule has 0 spiro atoms. The Hall–Kier alpha value is -0.710. The van der Waals surface area contributed by atoms with Crippen LogP contribution in [-0.4, -0.2) is 4.98 Å². The summed E-state index contributed by atoms with van der Waals surface area (Å²) >= 11 is 4.99. The summed E-state index contributed by atoms with van der Waals surface area (Å²) < 4.78 is 0.820. The van der Waals surface area contributed by atoms with Gasteiger partial charge in [0.2, 0.25) is 0 Å². The minimum atomic E-state index is -0.0550. The van der Waals surface area contributed by atoms with E-state index >= 15 is 0 Å². The van der Waals surface area contributed by atoms with Crippen molar-refractivity contribution in [3.8, 4) is 0 Å². The lowest BCUT2D eigenvalue weighted by Crippen LogP contribution is -2.10. The van der Waals surface area contributed by atoms with E-state index < -0.39 is 0 Å². The van der Waals surface area contributed by atoms with Crippen LogP contribution in [0.2, 0.25) is 0 Å². The van der Waals surface area contributed by atoms with E-state index in [9.17, 15) is 0 Å². The van der Waals surface area contributed by atoms with Crippen LogP contribution in [0.15, 0.2) is 39.8 Å². The Balaban J connectivity index is 2.32. The summed E-state index contributed by atoms with van der Waals surface area (Å²) in [5.74, 6) is 0. The minimum absolute atomic E-state index is 0.0550. The van der Waals surface area contributed by atoms with E-state index in [0.29, 0.717) is 0 Å². The number of hydrogen-bond acceptors (Lipinski definition) is 3. The number of halogens is 1. The molecule has 0 aliphatic rings. The SMILES string of the molecule is N[C@@H](c1ccsc1)c1ccnc(Br)c1. The number of nitrogens with zero attached hydrogens (tertiary/aromatic N) is 1. The lowest BCUT2D eigenvalue weighted by Gasteiger charge is -2.09. The first kappa shape index (κ1) is 9.83. The van der Waals surface area contributed by atoms with Gasteiger partial charge in [-0.2, -0.15) is 11.3 Å². The molecular weight excluding hydrogens is 260 g/mol. The Kier molecular flexibility index (Phi) is 2.96. The summed E-state index contributed by atoms with van der Waals surface area (Å²) in [5, 5.41) is 4.10. The highest BCUT2D eigenvalue weighted by Crippen LogP contribution is 2.22. The van der Waals surface area contributed by atoms with Crippen LogP contribution in [0.3, 0.4) is 0 Å². The predicted molar refractivity (Wildman–Crippen MR) is 62.3 cm³/mol. The second kappa shape index (κ2) is 4.21. The Labute approximate surface area is 94.9 Å². The van der Waals surface area contributed by atoms with Gasteiger partial charge in [-0.05, 0) is 56.0 Å². The van der Waals surface area contributed by atoms with E-state index in [2.05, 4.69) is 26.3 Å². The van der Waals surface area contributed by atoms with Gasteiger partial charge in [0, 0.05) is 6.20 Å². The Bertz CT molecular complexity index is 414. The first-order valence-electron chi connectivity index (χ1n) is 4.16. The number of hydrogen-bond donors (Lipinski definition) is 1. The van der Waals surface area contributed by atoms with Crippen molar-refractivity contribution in [3.63, 3.8) is 0 Å². The molecule has 72 valence electrons. The van der Waals surface area contributed by atoms with Gasteiger partial charge in [0.25, 0.3) is 0 Å². The zero-order valence-electron chi connectivity index (χ0n) is 7.35. The molecule has 0 fully saturated rings. The van der Waals surface area contributed by atoms with Crippen LogP contribution in [0.5, 0.6) is 0 Å². The number of nitrogens with two attached hydrogens (primary N) is 1. The van der Waals surface area contributed by atoms with Crippen molar-refractivity contribution in [3.05, 3.63) is 50.9 Å². The molecule has 14 heavy (non-hydrogen) atoms. The molecular formula is C10H9BrN2S. The van der Waals surface area contributed by atoms with Gasteiger partial charge >= 0.3 is 0 Å². The topological polar surface area (TPSA) is 38.9 Å². The van der Waals surface area contributed by atoms with Gasteiger partial charge in [-0.15, -0.1) is 0 Å². The average Bonchev–Trinajstić information content (AvgIpc) is 2.69. The zero-order valence-corrected chi connectivity index (χ0v) is 9.75. The molecule has 0 radical (unpaired) electrons. The second-order valence-electron chi connectivity index (χ2n) is 2.95. The highest BCUT2D eigenvalue weighted by molar-refractivity contribution is 9.10. The van der Waals surface area contributed by atoms with E-state index in [1.54, 1.807) is 17.5 Å². The number of thiophene rings is 1. The highest BCUT2D eigenvalue weighted by Gasteiger charge is 2.09. The van der Waals surface area contributed by atoms with Gasteiger partial charge in [0.1, 0.15) is 4.60 Å². The summed E-state index contributed by atoms with van der Waals surface area (Å²) in [4.78, 5) is 4.07. The van der Waals surface area contributed by atoms with Gasteiger partial charge in [0.05, 0.1) is 6.04 Å². The van der Waals surface area contributed by atoms with Crippen molar-refractivity contribution >= 4 is 27.3 Å². The largest absolute Gasteiger partial charge is 0.320 e. The molecule has 2 rings (SSSR count). The summed E-state index contributed by atoms with van der Waals surface area (Å²) in [6.07, 6.45) is 1.76. The molecule has 0 saturated heterocycles. The van der Waals surface area contributed by atoms with Crippen molar-refractivity contribution in [2.24, 2.45) is 5.73 Å². The summed E-state index contributed by atoms with van der Waals surface area (Å²) in [5.41, 5.74) is 8.31. The molecule has 0 unspecified atom stereocenters. The molecule has 2 heterocycles. The van der Waals surface area contributed by atoms with E-state index in [0.717, 1.165) is 15.7 Å². The van der Waals surface area contributed by atoms with Crippen LogP contribution in [0.1, 0.15) is 17.2 Å². The van der Waals surface area contributed by atoms with Gasteiger partial charge < -0.3 is 5.73 Å². The third kappa shape index (κ3) is 2.03. The molecule has 2 N–H and O–H groups in total. The van der Waals surface area contributed by atoms with Crippen molar-refractivity contribution in [1.29, 1.82) is 0 Å². The molecule has 4 heteroatoms. The number of pyridine rings is 1. The first-order chi connectivity index (χ1) is 6.77. The van der Waals surface area contributed by atoms with E-state index in [1.807, 2.05) is 23.6 Å². The van der Waals surface area contributed by atoms with Crippen LogP contribution in [0.4, 0.5) is 0 Å². The molecule has 1 atom stereocenters. The highest BCUT2D eigenvalue weighted by atomic mass is 79.9. The maximum Gasteiger partial charge on any atom is 0.106 e. The molecule has 2 aromatic rings. The third-order valence-electron chi connectivity index (χ3n) is 2.01. The van der Waals surface area contributed by atoms with Crippen LogP contribution in [0, 0.1) is 0 Å². The fourth-order valence-electron chi connectivity index (χ4n) is 1.26. The quantitative estimate of drug-likeness (QED) is 0.851. The summed E-state index contributed by atoms with van der Waals surface area (Å²) in [6, 6.07) is 5.87. The van der Waals surface area contributed by atoms with Crippen molar-refractivity contribution in [2.75, 3.05) is 0 Å². The number of rotatable bonds is 2. The zero-order chi connectivity index (χ0) is 9.97. The fourth-order valence-corrected chi connectivity index (χ4v) is 2.33. The van der Waals surface area contributed by atoms with Crippen molar-refractivity contribution < 1.29 is 0 Å². The van der Waals surface area contributed by atoms with E-state index in [-0.39, 0.29) is 6.04 Å². The molecule has 0 aliphatic heterocycles. The monoisotopic (exact) mass is 268 g/mol. The predicted octanol–water partition coefficient (Wildman–Crippen LogP) is 2.95. The van der Waals surface area contributed by atoms with Crippen LogP contribution in [-0.2, 0) is 0 Å². The summed E-state index contributed by atoms with van der Waals surface area (Å²) in [6.45, 7) is 0. The lowest BCUT2D eigenvalue weighted by molar-refractivity contribution is 0.871. The van der Waals surface area contributed by atoms with Crippen LogP contribution >= 0.6 is 27.3 Å². The molecule has 0 aromatic carbocycles. The maximum absolute atomic E-state index is 6.09. The second-order valence-corrected chi connectivity index (χ2v) is 4.54. The summed E-state index contributed by atoms with van der Waals surface area (Å²) in [7, 11) is 0. The van der Waals surface area contributed by atoms with Gasteiger partial charge in [0.15, 0.2) is 0 Å². The van der Waals surface area contributed by atoms with Gasteiger partial charge in [-0.25, -0.2) is 4.98 Å². The molecule has 0 bridgehead atoms. The Morgan fingerprint density at radius 2 is 2.21 bits per heavy atom. The van der Waals surface area contributed by atoms with Gasteiger partial charge in [-0.1, -0.05) is 0 Å². The molecule has 0 aliphatic carbocycles. The molecule has 0 amide bonds. The van der Waals surface area contributed by atoms with Crippen LogP contribution < -0.4 is 5.73 Å². The first-order valence-corrected chi connectivity index (χ1v) is 5.90. The average molecular weight is 269 g/mol. The molecule has 2 nitrogen and oxygen atoms in total. The number of aromatic nitrogens is 1. The molecule has 2 aromatic heterocycles. The molecule has 0 saturated carbocycles. The standard InChI is InChI=1S/C10H9BrN2S/c11-9-5-7(1-3-13-9)10(12)8-2-4-14-6-8/h1-6,10H,12H2/t10-/m1/s1. The van der Waals surface area contributed by atoms with Crippen molar-refractivity contribution in [2.45, 2.75) is 6.04 Å². The lowest BCUT2D eigenvalue weighted by atomic mass is 10.0. The Morgan fingerprint density at radius 3 is 2.86 bits per heavy atom. The van der Waals surface area contributed by atoms with E-state index in [1.165, 1.54) is 0 Å². The minimum Gasteiger partial charge on any atom is -0.320 e. The third-order valence-corrected chi connectivity index (χ3v) is 3.15.